The molecule has 0 atom stereocenters. The maximum Gasteiger partial charge on any atom is 0.0547 e. The maximum atomic E-state index is 2.46. The highest BCUT2D eigenvalue weighted by Gasteiger charge is 2.17. The van der Waals surface area contributed by atoms with E-state index in [0.29, 0.717) is 0 Å². The van der Waals surface area contributed by atoms with Gasteiger partial charge in [-0.15, -0.1) is 0 Å². The third-order valence-electron chi connectivity index (χ3n) is 10.4. The van der Waals surface area contributed by atoms with Crippen LogP contribution >= 0.6 is 0 Å². The molecule has 0 saturated carbocycles. The molecule has 0 bridgehead atoms. The predicted octanol–water partition coefficient (Wildman–Crippen LogP) is 12.9. The van der Waals surface area contributed by atoms with E-state index in [1.165, 1.54) is 88.4 Å². The largest absolute Gasteiger partial charge is 0.309 e. The van der Waals surface area contributed by atoms with Gasteiger partial charge in [0.25, 0.3) is 0 Å². The van der Waals surface area contributed by atoms with Crippen LogP contribution in [0.2, 0.25) is 0 Å². The van der Waals surface area contributed by atoms with Crippen LogP contribution in [-0.4, -0.2) is 9.13 Å². The molecule has 2 heteroatoms. The highest BCUT2D eigenvalue weighted by molar-refractivity contribution is 6.13. The van der Waals surface area contributed by atoms with Gasteiger partial charge in [-0.05, 0) is 107 Å². The number of aromatic nitrogens is 2. The summed E-state index contributed by atoms with van der Waals surface area (Å²) in [5.41, 5.74) is 14.8. The molecule has 9 aromatic rings. The third-order valence-corrected chi connectivity index (χ3v) is 10.4. The van der Waals surface area contributed by atoms with Crippen LogP contribution in [-0.2, 0) is 0 Å². The average Bonchev–Trinajstić information content (AvgIpc) is 3.70. The fraction of sp³-hybridized carbons (Fsp3) is 0.0417. The van der Waals surface area contributed by atoms with Crippen molar-refractivity contribution in [3.05, 3.63) is 188 Å². The molecule has 2 heterocycles. The molecule has 50 heavy (non-hydrogen) atoms. The van der Waals surface area contributed by atoms with E-state index < -0.39 is 0 Å². The molecular formula is C48H34N2. The van der Waals surface area contributed by atoms with E-state index in [2.05, 4.69) is 191 Å². The standard InChI is InChI=1S/C48H34N2/c1-4-13-33(14-5-1)35-17-12-20-40(29-35)50-47-28-25-37(31-44(47)42-26-23-38(32-48(42)50)34-15-6-2-7-16-34)36-24-27-46-43(30-36)41-21-10-11-22-45(41)49(46)39-18-8-3-9-19-39/h1-6,8-15,17-32H,7,16H2. The van der Waals surface area contributed by atoms with E-state index >= 15 is 0 Å². The quantitative estimate of drug-likeness (QED) is 0.178. The highest BCUT2D eigenvalue weighted by Crippen LogP contribution is 2.40. The molecule has 0 N–H and O–H groups in total. The molecule has 0 spiro atoms. The number of fused-ring (bicyclic) bond motifs is 6. The number of benzene rings is 7. The van der Waals surface area contributed by atoms with Crippen molar-refractivity contribution in [3.63, 3.8) is 0 Å². The van der Waals surface area contributed by atoms with Crippen molar-refractivity contribution in [2.24, 2.45) is 0 Å². The zero-order chi connectivity index (χ0) is 33.0. The predicted molar refractivity (Wildman–Crippen MR) is 212 cm³/mol. The number of rotatable bonds is 5. The minimum Gasteiger partial charge on any atom is -0.309 e. The number of hydrogen-bond acceptors (Lipinski definition) is 0. The topological polar surface area (TPSA) is 9.86 Å². The first-order valence-corrected chi connectivity index (χ1v) is 17.5. The second kappa shape index (κ2) is 11.6. The maximum absolute atomic E-state index is 2.46. The van der Waals surface area contributed by atoms with Crippen molar-refractivity contribution < 1.29 is 0 Å². The second-order valence-corrected chi connectivity index (χ2v) is 13.3. The molecule has 0 saturated heterocycles. The van der Waals surface area contributed by atoms with E-state index in [-0.39, 0.29) is 0 Å². The van der Waals surface area contributed by atoms with E-state index in [4.69, 9.17) is 0 Å². The Bertz CT molecular complexity index is 2790. The van der Waals surface area contributed by atoms with Gasteiger partial charge in [-0.2, -0.15) is 0 Å². The second-order valence-electron chi connectivity index (χ2n) is 13.3. The van der Waals surface area contributed by atoms with Crippen molar-refractivity contribution in [1.29, 1.82) is 0 Å². The molecule has 10 rings (SSSR count). The lowest BCUT2D eigenvalue weighted by Gasteiger charge is -2.13. The monoisotopic (exact) mass is 638 g/mol. The Morgan fingerprint density at radius 1 is 0.360 bits per heavy atom. The molecule has 0 fully saturated rings. The zero-order valence-electron chi connectivity index (χ0n) is 27.6. The van der Waals surface area contributed by atoms with Crippen molar-refractivity contribution in [3.8, 4) is 33.6 Å². The van der Waals surface area contributed by atoms with Crippen LogP contribution < -0.4 is 0 Å². The first-order chi connectivity index (χ1) is 24.8. The van der Waals surface area contributed by atoms with Gasteiger partial charge in [0.15, 0.2) is 0 Å². The van der Waals surface area contributed by atoms with Crippen molar-refractivity contribution >= 4 is 49.2 Å². The molecule has 1 aliphatic rings. The van der Waals surface area contributed by atoms with Gasteiger partial charge in [0.05, 0.1) is 22.1 Å². The molecule has 0 unspecified atom stereocenters. The lowest BCUT2D eigenvalue weighted by atomic mass is 9.96. The highest BCUT2D eigenvalue weighted by atomic mass is 15.0. The van der Waals surface area contributed by atoms with Gasteiger partial charge in [-0.25, -0.2) is 0 Å². The van der Waals surface area contributed by atoms with Crippen LogP contribution in [0, 0.1) is 0 Å². The Morgan fingerprint density at radius 2 is 0.940 bits per heavy atom. The Morgan fingerprint density at radius 3 is 1.68 bits per heavy atom. The SMILES string of the molecule is C1=CCCC(c2ccc3c4cc(-c5ccc6c(c5)c5ccccc5n6-c5ccccc5)ccc4n(-c4cccc(-c5ccccc5)c4)c3c2)=C1. The average molecular weight is 639 g/mol. The fourth-order valence-electron chi connectivity index (χ4n) is 7.98. The minimum absolute atomic E-state index is 1.07. The van der Waals surface area contributed by atoms with Crippen LogP contribution in [0.15, 0.2) is 182 Å². The van der Waals surface area contributed by atoms with Gasteiger partial charge < -0.3 is 9.13 Å². The molecule has 236 valence electrons. The number of para-hydroxylation sites is 2. The smallest absolute Gasteiger partial charge is 0.0547 e. The lowest BCUT2D eigenvalue weighted by molar-refractivity contribution is 1.05. The van der Waals surface area contributed by atoms with Gasteiger partial charge in [0.1, 0.15) is 0 Å². The number of hydrogen-bond donors (Lipinski definition) is 0. The first-order valence-electron chi connectivity index (χ1n) is 17.5. The fourth-order valence-corrected chi connectivity index (χ4v) is 7.98. The van der Waals surface area contributed by atoms with Crippen LogP contribution in [0.5, 0.6) is 0 Å². The molecule has 2 nitrogen and oxygen atoms in total. The molecular weight excluding hydrogens is 605 g/mol. The van der Waals surface area contributed by atoms with Crippen LogP contribution in [0.1, 0.15) is 18.4 Å². The van der Waals surface area contributed by atoms with Crippen molar-refractivity contribution in [2.45, 2.75) is 12.8 Å². The Kier molecular flexibility index (Phi) is 6.67. The Hall–Kier alpha value is -6.38. The molecule has 0 radical (unpaired) electrons. The summed E-state index contributed by atoms with van der Waals surface area (Å²) < 4.78 is 4.84. The first kappa shape index (κ1) is 28.6. The summed E-state index contributed by atoms with van der Waals surface area (Å²) in [6.45, 7) is 0. The van der Waals surface area contributed by atoms with E-state index in [0.717, 1.165) is 12.8 Å². The van der Waals surface area contributed by atoms with Gasteiger partial charge in [0, 0.05) is 32.9 Å². The summed E-state index contributed by atoms with van der Waals surface area (Å²) in [5.74, 6) is 0. The number of allylic oxidation sites excluding steroid dienone is 4. The summed E-state index contributed by atoms with van der Waals surface area (Å²) in [6, 6.07) is 60.1. The zero-order valence-corrected chi connectivity index (χ0v) is 27.6. The Balaban J connectivity index is 1.18. The summed E-state index contributed by atoms with van der Waals surface area (Å²) in [4.78, 5) is 0. The van der Waals surface area contributed by atoms with Gasteiger partial charge in [-0.1, -0.05) is 121 Å². The Labute approximate surface area is 291 Å². The normalized spacial score (nSPS) is 13.1. The molecule has 2 aromatic heterocycles. The van der Waals surface area contributed by atoms with E-state index in [1.807, 2.05) is 0 Å². The van der Waals surface area contributed by atoms with Gasteiger partial charge in [0.2, 0.25) is 0 Å². The van der Waals surface area contributed by atoms with Crippen LogP contribution in [0.25, 0.3) is 82.8 Å². The van der Waals surface area contributed by atoms with Crippen molar-refractivity contribution in [1.82, 2.24) is 9.13 Å². The van der Waals surface area contributed by atoms with E-state index in [9.17, 15) is 0 Å². The third kappa shape index (κ3) is 4.64. The summed E-state index contributed by atoms with van der Waals surface area (Å²) in [6.07, 6.45) is 8.88. The van der Waals surface area contributed by atoms with Gasteiger partial charge >= 0.3 is 0 Å². The van der Waals surface area contributed by atoms with Crippen LogP contribution in [0.4, 0.5) is 0 Å². The number of nitrogens with zero attached hydrogens (tertiary/aromatic N) is 2. The summed E-state index contributed by atoms with van der Waals surface area (Å²) in [5, 5.41) is 5.06. The lowest BCUT2D eigenvalue weighted by Crippen LogP contribution is -1.95. The van der Waals surface area contributed by atoms with Crippen molar-refractivity contribution in [2.75, 3.05) is 0 Å². The summed E-state index contributed by atoms with van der Waals surface area (Å²) >= 11 is 0. The summed E-state index contributed by atoms with van der Waals surface area (Å²) in [7, 11) is 0. The minimum atomic E-state index is 1.07. The molecule has 7 aromatic carbocycles. The van der Waals surface area contributed by atoms with Crippen LogP contribution in [0.3, 0.4) is 0 Å². The molecule has 0 amide bonds. The van der Waals surface area contributed by atoms with Gasteiger partial charge in [-0.3, -0.25) is 0 Å². The molecule has 0 aliphatic heterocycles. The van der Waals surface area contributed by atoms with E-state index in [1.54, 1.807) is 0 Å². The molecule has 1 aliphatic carbocycles.